The lowest BCUT2D eigenvalue weighted by molar-refractivity contribution is -0.137. The van der Waals surface area contributed by atoms with E-state index in [1.54, 1.807) is 31.3 Å². The van der Waals surface area contributed by atoms with Crippen molar-refractivity contribution in [3.05, 3.63) is 54.1 Å². The van der Waals surface area contributed by atoms with Crippen LogP contribution in [-0.4, -0.2) is 17.2 Å². The predicted molar refractivity (Wildman–Crippen MR) is 84.0 cm³/mol. The van der Waals surface area contributed by atoms with E-state index < -0.39 is 11.7 Å². The zero-order chi connectivity index (χ0) is 17.2. The average Bonchev–Trinajstić information content (AvgIpc) is 3.04. The summed E-state index contributed by atoms with van der Waals surface area (Å²) in [6, 6.07) is 12.2. The summed E-state index contributed by atoms with van der Waals surface area (Å²) in [5.74, 6) is 0.300. The number of hydrogen-bond donors (Lipinski definition) is 2. The van der Waals surface area contributed by atoms with E-state index in [2.05, 4.69) is 20.8 Å². The topological polar surface area (TPSA) is 63.0 Å². The Morgan fingerprint density at radius 3 is 2.29 bits per heavy atom. The zero-order valence-electron chi connectivity index (χ0n) is 12.6. The summed E-state index contributed by atoms with van der Waals surface area (Å²) >= 11 is 0. The normalized spacial score (nSPS) is 11.3. The molecule has 0 amide bonds. The van der Waals surface area contributed by atoms with E-state index in [9.17, 15) is 13.2 Å². The monoisotopic (exact) mass is 334 g/mol. The van der Waals surface area contributed by atoms with E-state index in [0.29, 0.717) is 22.8 Å². The van der Waals surface area contributed by atoms with E-state index in [0.717, 1.165) is 12.1 Å². The molecule has 5 nitrogen and oxygen atoms in total. The van der Waals surface area contributed by atoms with Gasteiger partial charge in [-0.05, 0) is 36.4 Å². The van der Waals surface area contributed by atoms with E-state index in [4.69, 9.17) is 4.42 Å². The standard InChI is InChI=1S/C16H13F3N4O/c1-20-15-23-22-14(24-15)12-4-2-3-5-13(12)21-11-8-6-10(7-9-11)16(17,18)19/h2-9,21H,1H3,(H,20,23). The maximum Gasteiger partial charge on any atom is 0.416 e. The molecule has 0 atom stereocenters. The summed E-state index contributed by atoms with van der Waals surface area (Å²) in [5, 5.41) is 13.6. The highest BCUT2D eigenvalue weighted by atomic mass is 19.4. The molecule has 8 heteroatoms. The summed E-state index contributed by atoms with van der Waals surface area (Å²) in [5.41, 5.74) is 1.11. The molecule has 2 N–H and O–H groups in total. The van der Waals surface area contributed by atoms with Gasteiger partial charge in [0, 0.05) is 12.7 Å². The minimum atomic E-state index is -4.36. The van der Waals surface area contributed by atoms with Gasteiger partial charge in [-0.2, -0.15) is 13.2 Å². The van der Waals surface area contributed by atoms with Crippen molar-refractivity contribution in [2.45, 2.75) is 6.18 Å². The first kappa shape index (κ1) is 15.9. The molecule has 2 aromatic carbocycles. The molecular formula is C16H13F3N4O. The fourth-order valence-corrected chi connectivity index (χ4v) is 2.11. The van der Waals surface area contributed by atoms with Crippen LogP contribution in [0, 0.1) is 0 Å². The number of nitrogens with zero attached hydrogens (tertiary/aromatic N) is 2. The van der Waals surface area contributed by atoms with E-state index in [1.807, 2.05) is 0 Å². The molecule has 0 bridgehead atoms. The first-order valence-electron chi connectivity index (χ1n) is 7.02. The quantitative estimate of drug-likeness (QED) is 0.733. The van der Waals surface area contributed by atoms with Crippen LogP contribution in [0.2, 0.25) is 0 Å². The largest absolute Gasteiger partial charge is 0.416 e. The number of para-hydroxylation sites is 1. The molecule has 0 aliphatic heterocycles. The Morgan fingerprint density at radius 2 is 1.67 bits per heavy atom. The van der Waals surface area contributed by atoms with Gasteiger partial charge in [-0.1, -0.05) is 17.2 Å². The Balaban J connectivity index is 1.88. The molecule has 0 fully saturated rings. The van der Waals surface area contributed by atoms with Gasteiger partial charge in [0.25, 0.3) is 5.89 Å². The second kappa shape index (κ2) is 6.23. The van der Waals surface area contributed by atoms with Crippen molar-refractivity contribution in [2.75, 3.05) is 17.7 Å². The Kier molecular flexibility index (Phi) is 4.11. The highest BCUT2D eigenvalue weighted by Gasteiger charge is 2.29. The van der Waals surface area contributed by atoms with Crippen molar-refractivity contribution >= 4 is 17.4 Å². The number of benzene rings is 2. The lowest BCUT2D eigenvalue weighted by Crippen LogP contribution is -2.04. The zero-order valence-corrected chi connectivity index (χ0v) is 12.6. The van der Waals surface area contributed by atoms with Gasteiger partial charge in [-0.15, -0.1) is 5.10 Å². The molecule has 0 saturated carbocycles. The molecule has 1 aromatic heterocycles. The van der Waals surface area contributed by atoms with Crippen LogP contribution in [0.25, 0.3) is 11.5 Å². The van der Waals surface area contributed by atoms with Gasteiger partial charge in [0.15, 0.2) is 0 Å². The maximum atomic E-state index is 12.6. The first-order chi connectivity index (χ1) is 11.5. The van der Waals surface area contributed by atoms with Crippen molar-refractivity contribution in [3.63, 3.8) is 0 Å². The summed E-state index contributed by atoms with van der Waals surface area (Å²) in [6.45, 7) is 0. The maximum absolute atomic E-state index is 12.6. The Hall–Kier alpha value is -3.03. The van der Waals surface area contributed by atoms with Crippen LogP contribution >= 0.6 is 0 Å². The fourth-order valence-electron chi connectivity index (χ4n) is 2.11. The predicted octanol–water partition coefficient (Wildman–Crippen LogP) is 4.54. The smallest absolute Gasteiger partial charge is 0.403 e. The van der Waals surface area contributed by atoms with Crippen molar-refractivity contribution in [3.8, 4) is 11.5 Å². The SMILES string of the molecule is CNc1nnc(-c2ccccc2Nc2ccc(C(F)(F)F)cc2)o1. The van der Waals surface area contributed by atoms with Crippen LogP contribution in [0.1, 0.15) is 5.56 Å². The number of halogens is 3. The van der Waals surface area contributed by atoms with Gasteiger partial charge in [0.1, 0.15) is 0 Å². The number of hydrogen-bond acceptors (Lipinski definition) is 5. The number of rotatable bonds is 4. The van der Waals surface area contributed by atoms with E-state index in [1.165, 1.54) is 12.1 Å². The first-order valence-corrected chi connectivity index (χ1v) is 7.02. The number of aromatic nitrogens is 2. The van der Waals surface area contributed by atoms with Gasteiger partial charge in [-0.3, -0.25) is 0 Å². The van der Waals surface area contributed by atoms with Gasteiger partial charge in [-0.25, -0.2) is 0 Å². The fraction of sp³-hybridized carbons (Fsp3) is 0.125. The Bertz CT molecular complexity index is 828. The number of nitrogens with one attached hydrogen (secondary N) is 2. The third-order valence-corrected chi connectivity index (χ3v) is 3.29. The third-order valence-electron chi connectivity index (χ3n) is 3.29. The average molecular weight is 334 g/mol. The van der Waals surface area contributed by atoms with Crippen LogP contribution in [0.15, 0.2) is 52.9 Å². The summed E-state index contributed by atoms with van der Waals surface area (Å²) in [6.07, 6.45) is -4.36. The van der Waals surface area contributed by atoms with Crippen molar-refractivity contribution in [1.82, 2.24) is 10.2 Å². The van der Waals surface area contributed by atoms with Crippen LogP contribution in [-0.2, 0) is 6.18 Å². The molecule has 0 aliphatic carbocycles. The number of anilines is 3. The summed E-state index contributed by atoms with van der Waals surface area (Å²) in [4.78, 5) is 0. The molecule has 0 unspecified atom stereocenters. The van der Waals surface area contributed by atoms with Crippen LogP contribution in [0.4, 0.5) is 30.6 Å². The van der Waals surface area contributed by atoms with Crippen LogP contribution < -0.4 is 10.6 Å². The lowest BCUT2D eigenvalue weighted by atomic mass is 10.1. The molecule has 24 heavy (non-hydrogen) atoms. The molecule has 3 rings (SSSR count). The van der Waals surface area contributed by atoms with E-state index in [-0.39, 0.29) is 6.01 Å². The van der Waals surface area contributed by atoms with Gasteiger partial charge < -0.3 is 15.1 Å². The lowest BCUT2D eigenvalue weighted by Gasteiger charge is -2.11. The Labute approximate surface area is 135 Å². The van der Waals surface area contributed by atoms with Crippen LogP contribution in [0.5, 0.6) is 0 Å². The van der Waals surface area contributed by atoms with Gasteiger partial charge in [0.05, 0.1) is 16.8 Å². The van der Waals surface area contributed by atoms with Crippen molar-refractivity contribution in [2.24, 2.45) is 0 Å². The second-order valence-corrected chi connectivity index (χ2v) is 4.91. The van der Waals surface area contributed by atoms with Gasteiger partial charge in [0.2, 0.25) is 0 Å². The van der Waals surface area contributed by atoms with Crippen molar-refractivity contribution < 1.29 is 17.6 Å². The number of alkyl halides is 3. The van der Waals surface area contributed by atoms with Crippen molar-refractivity contribution in [1.29, 1.82) is 0 Å². The summed E-state index contributed by atoms with van der Waals surface area (Å²) < 4.78 is 43.3. The molecule has 124 valence electrons. The van der Waals surface area contributed by atoms with Gasteiger partial charge >= 0.3 is 12.2 Å². The van der Waals surface area contributed by atoms with E-state index >= 15 is 0 Å². The summed E-state index contributed by atoms with van der Waals surface area (Å²) in [7, 11) is 1.66. The minimum absolute atomic E-state index is 0.273. The highest BCUT2D eigenvalue weighted by molar-refractivity contribution is 5.77. The third kappa shape index (κ3) is 3.32. The van der Waals surface area contributed by atoms with Crippen LogP contribution in [0.3, 0.4) is 0 Å². The molecule has 0 saturated heterocycles. The highest BCUT2D eigenvalue weighted by Crippen LogP contribution is 2.32. The molecule has 0 radical (unpaired) electrons. The minimum Gasteiger partial charge on any atom is -0.403 e. The second-order valence-electron chi connectivity index (χ2n) is 4.91. The Morgan fingerprint density at radius 1 is 0.958 bits per heavy atom. The molecule has 0 spiro atoms. The molecule has 3 aromatic rings. The molecule has 0 aliphatic rings. The molecular weight excluding hydrogens is 321 g/mol. The molecule has 1 heterocycles.